The first-order chi connectivity index (χ1) is 9.15. The smallest absolute Gasteiger partial charge is 0.0343 e. The molecule has 1 unspecified atom stereocenters. The molecule has 1 aromatic carbocycles. The number of nitrogens with one attached hydrogen (secondary N) is 1. The summed E-state index contributed by atoms with van der Waals surface area (Å²) >= 11 is 0. The molecule has 0 saturated carbocycles. The molecule has 0 aliphatic carbocycles. The van der Waals surface area contributed by atoms with Gasteiger partial charge in [0, 0.05) is 31.4 Å². The van der Waals surface area contributed by atoms with Crippen molar-refractivity contribution in [3.8, 4) is 0 Å². The Hall–Kier alpha value is -1.06. The lowest BCUT2D eigenvalue weighted by atomic mass is 10.1. The number of anilines is 1. The summed E-state index contributed by atoms with van der Waals surface area (Å²) in [5, 5.41) is 3.51. The summed E-state index contributed by atoms with van der Waals surface area (Å²) in [7, 11) is 4.48. The van der Waals surface area contributed by atoms with Crippen molar-refractivity contribution in [2.24, 2.45) is 0 Å². The number of piperidine rings is 1. The number of likely N-dealkylation sites (tertiary alicyclic amines) is 1. The van der Waals surface area contributed by atoms with Gasteiger partial charge in [-0.05, 0) is 58.1 Å². The first kappa shape index (κ1) is 14.4. The molecule has 0 amide bonds. The van der Waals surface area contributed by atoms with Crippen molar-refractivity contribution >= 4 is 5.69 Å². The van der Waals surface area contributed by atoms with Crippen molar-refractivity contribution in [3.63, 3.8) is 0 Å². The highest BCUT2D eigenvalue weighted by atomic mass is 15.2. The van der Waals surface area contributed by atoms with Gasteiger partial charge in [-0.2, -0.15) is 0 Å². The third-order valence-corrected chi connectivity index (χ3v) is 4.03. The zero-order valence-corrected chi connectivity index (χ0v) is 12.5. The van der Waals surface area contributed by atoms with Crippen LogP contribution in [0, 0.1) is 6.92 Å². The Morgan fingerprint density at radius 3 is 3.00 bits per heavy atom. The summed E-state index contributed by atoms with van der Waals surface area (Å²) in [6.45, 7) is 6.72. The fourth-order valence-electron chi connectivity index (χ4n) is 2.81. The number of rotatable bonds is 5. The standard InChI is InChI=1S/C16H27N3/c1-14-6-4-7-15(12-14)17-9-11-19(3)16-8-5-10-18(2)13-16/h4,6-7,12,16-17H,5,8-11,13H2,1-3H3. The number of aryl methyl sites for hydroxylation is 1. The molecule has 1 saturated heterocycles. The maximum absolute atomic E-state index is 3.51. The van der Waals surface area contributed by atoms with Crippen LogP contribution in [0.15, 0.2) is 24.3 Å². The number of nitrogens with zero attached hydrogens (tertiary/aromatic N) is 2. The molecular weight excluding hydrogens is 234 g/mol. The van der Waals surface area contributed by atoms with Gasteiger partial charge in [0.2, 0.25) is 0 Å². The van der Waals surface area contributed by atoms with E-state index >= 15 is 0 Å². The van der Waals surface area contributed by atoms with Gasteiger partial charge < -0.3 is 15.1 Å². The Labute approximate surface area is 117 Å². The molecule has 1 aromatic rings. The molecule has 1 aliphatic rings. The Morgan fingerprint density at radius 2 is 2.26 bits per heavy atom. The van der Waals surface area contributed by atoms with E-state index in [0.717, 1.165) is 19.1 Å². The van der Waals surface area contributed by atoms with Crippen molar-refractivity contribution < 1.29 is 0 Å². The van der Waals surface area contributed by atoms with E-state index in [4.69, 9.17) is 0 Å². The van der Waals surface area contributed by atoms with Gasteiger partial charge in [0.15, 0.2) is 0 Å². The Bertz CT molecular complexity index is 391. The Balaban J connectivity index is 1.73. The molecule has 1 fully saturated rings. The summed E-state index contributed by atoms with van der Waals surface area (Å²) in [6.07, 6.45) is 2.67. The van der Waals surface area contributed by atoms with Crippen LogP contribution in [0.4, 0.5) is 5.69 Å². The van der Waals surface area contributed by atoms with Gasteiger partial charge in [-0.3, -0.25) is 0 Å². The SMILES string of the molecule is Cc1cccc(NCCN(C)C2CCCN(C)C2)c1. The van der Waals surface area contributed by atoms with Gasteiger partial charge in [-0.1, -0.05) is 12.1 Å². The lowest BCUT2D eigenvalue weighted by Crippen LogP contribution is -2.46. The molecule has 1 aliphatic heterocycles. The predicted octanol–water partition coefficient (Wildman–Crippen LogP) is 2.43. The fourth-order valence-corrected chi connectivity index (χ4v) is 2.81. The summed E-state index contributed by atoms with van der Waals surface area (Å²) in [4.78, 5) is 4.94. The minimum atomic E-state index is 0.720. The second-order valence-corrected chi connectivity index (χ2v) is 5.84. The molecule has 1 heterocycles. The van der Waals surface area contributed by atoms with Crippen molar-refractivity contribution in [3.05, 3.63) is 29.8 Å². The second-order valence-electron chi connectivity index (χ2n) is 5.84. The third kappa shape index (κ3) is 4.51. The third-order valence-electron chi connectivity index (χ3n) is 4.03. The maximum atomic E-state index is 3.51. The number of hydrogen-bond acceptors (Lipinski definition) is 3. The molecule has 1 N–H and O–H groups in total. The minimum absolute atomic E-state index is 0.720. The average Bonchev–Trinajstić information content (AvgIpc) is 2.38. The van der Waals surface area contributed by atoms with Crippen LogP contribution < -0.4 is 5.32 Å². The summed E-state index contributed by atoms with van der Waals surface area (Å²) in [5.74, 6) is 0. The lowest BCUT2D eigenvalue weighted by molar-refractivity contribution is 0.138. The molecule has 1 atom stereocenters. The first-order valence-electron chi connectivity index (χ1n) is 7.34. The Morgan fingerprint density at radius 1 is 1.42 bits per heavy atom. The van der Waals surface area contributed by atoms with E-state index < -0.39 is 0 Å². The molecule has 0 bridgehead atoms. The molecule has 19 heavy (non-hydrogen) atoms. The average molecular weight is 261 g/mol. The van der Waals surface area contributed by atoms with E-state index in [1.165, 1.54) is 37.2 Å². The van der Waals surface area contributed by atoms with Crippen LogP contribution in [0.1, 0.15) is 18.4 Å². The summed E-state index contributed by atoms with van der Waals surface area (Å²) in [5.41, 5.74) is 2.54. The number of likely N-dealkylation sites (N-methyl/N-ethyl adjacent to an activating group) is 2. The van der Waals surface area contributed by atoms with Gasteiger partial charge >= 0.3 is 0 Å². The monoisotopic (exact) mass is 261 g/mol. The van der Waals surface area contributed by atoms with E-state index in [-0.39, 0.29) is 0 Å². The molecule has 106 valence electrons. The highest BCUT2D eigenvalue weighted by Crippen LogP contribution is 2.13. The van der Waals surface area contributed by atoms with E-state index in [1.54, 1.807) is 0 Å². The largest absolute Gasteiger partial charge is 0.384 e. The molecule has 0 radical (unpaired) electrons. The van der Waals surface area contributed by atoms with Crippen LogP contribution in [0.3, 0.4) is 0 Å². The van der Waals surface area contributed by atoms with Gasteiger partial charge in [-0.25, -0.2) is 0 Å². The molecule has 0 spiro atoms. The molecule has 3 nitrogen and oxygen atoms in total. The van der Waals surface area contributed by atoms with Crippen molar-refractivity contribution in [1.82, 2.24) is 9.80 Å². The zero-order valence-electron chi connectivity index (χ0n) is 12.5. The van der Waals surface area contributed by atoms with Gasteiger partial charge in [0.1, 0.15) is 0 Å². The van der Waals surface area contributed by atoms with Crippen LogP contribution in [0.5, 0.6) is 0 Å². The number of benzene rings is 1. The highest BCUT2D eigenvalue weighted by Gasteiger charge is 2.20. The summed E-state index contributed by atoms with van der Waals surface area (Å²) in [6, 6.07) is 9.31. The molecule has 3 heteroatoms. The van der Waals surface area contributed by atoms with Gasteiger partial charge in [0.25, 0.3) is 0 Å². The van der Waals surface area contributed by atoms with Crippen molar-refractivity contribution in [2.45, 2.75) is 25.8 Å². The van der Waals surface area contributed by atoms with Crippen molar-refractivity contribution in [1.29, 1.82) is 0 Å². The van der Waals surface area contributed by atoms with Crippen LogP contribution in [0.25, 0.3) is 0 Å². The normalized spacial score (nSPS) is 20.7. The molecule has 0 aromatic heterocycles. The van der Waals surface area contributed by atoms with Crippen LogP contribution >= 0.6 is 0 Å². The lowest BCUT2D eigenvalue weighted by Gasteiger charge is -2.35. The van der Waals surface area contributed by atoms with E-state index in [2.05, 4.69) is 60.4 Å². The molecular formula is C16H27N3. The zero-order chi connectivity index (χ0) is 13.7. The van der Waals surface area contributed by atoms with E-state index in [1.807, 2.05) is 0 Å². The topological polar surface area (TPSA) is 18.5 Å². The summed E-state index contributed by atoms with van der Waals surface area (Å²) < 4.78 is 0. The van der Waals surface area contributed by atoms with Crippen molar-refractivity contribution in [2.75, 3.05) is 45.6 Å². The highest BCUT2D eigenvalue weighted by molar-refractivity contribution is 5.45. The van der Waals surface area contributed by atoms with E-state index in [0.29, 0.717) is 0 Å². The first-order valence-corrected chi connectivity index (χ1v) is 7.34. The quantitative estimate of drug-likeness (QED) is 0.878. The van der Waals surface area contributed by atoms with Crippen LogP contribution in [0.2, 0.25) is 0 Å². The van der Waals surface area contributed by atoms with Crippen LogP contribution in [-0.2, 0) is 0 Å². The van der Waals surface area contributed by atoms with E-state index in [9.17, 15) is 0 Å². The fraction of sp³-hybridized carbons (Fsp3) is 0.625. The Kier molecular flexibility index (Phi) is 5.23. The second kappa shape index (κ2) is 6.92. The predicted molar refractivity (Wildman–Crippen MR) is 82.8 cm³/mol. The van der Waals surface area contributed by atoms with Crippen LogP contribution in [-0.4, -0.2) is 56.1 Å². The number of hydrogen-bond donors (Lipinski definition) is 1. The van der Waals surface area contributed by atoms with Gasteiger partial charge in [-0.15, -0.1) is 0 Å². The maximum Gasteiger partial charge on any atom is 0.0343 e. The minimum Gasteiger partial charge on any atom is -0.384 e. The molecule has 2 rings (SSSR count). The van der Waals surface area contributed by atoms with Gasteiger partial charge in [0.05, 0.1) is 0 Å².